The largest absolute Gasteiger partial charge is 0.355 e. The molecule has 4 nitrogen and oxygen atoms in total. The Balaban J connectivity index is 1.72. The zero-order valence-electron chi connectivity index (χ0n) is 12.2. The molecule has 0 radical (unpaired) electrons. The lowest BCUT2D eigenvalue weighted by atomic mass is 9.97. The third-order valence-corrected chi connectivity index (χ3v) is 4.83. The highest BCUT2D eigenvalue weighted by Gasteiger charge is 2.26. The highest BCUT2D eigenvalue weighted by atomic mass is 32.1. The first-order chi connectivity index (χ1) is 9.66. The molecule has 2 unspecified atom stereocenters. The molecule has 0 bridgehead atoms. The van der Waals surface area contributed by atoms with Gasteiger partial charge in [-0.05, 0) is 44.2 Å². The average Bonchev–Trinajstić information content (AvgIpc) is 2.92. The molecule has 0 aromatic carbocycles. The molecule has 5 heteroatoms. The molecular weight excluding hydrogens is 270 g/mol. The Morgan fingerprint density at radius 3 is 3.15 bits per heavy atom. The highest BCUT2D eigenvalue weighted by molar-refractivity contribution is 7.09. The number of likely N-dealkylation sites (tertiary alicyclic amines) is 1. The van der Waals surface area contributed by atoms with Gasteiger partial charge in [-0.15, -0.1) is 11.3 Å². The van der Waals surface area contributed by atoms with Crippen LogP contribution in [0.3, 0.4) is 0 Å². The molecule has 2 heterocycles. The number of amides is 1. The van der Waals surface area contributed by atoms with Crippen LogP contribution in [0.25, 0.3) is 0 Å². The second-order valence-corrected chi connectivity index (χ2v) is 6.60. The van der Waals surface area contributed by atoms with Crippen LogP contribution in [-0.4, -0.2) is 42.5 Å². The molecule has 1 aromatic rings. The predicted molar refractivity (Wildman–Crippen MR) is 83.9 cm³/mol. The van der Waals surface area contributed by atoms with Crippen LogP contribution in [0, 0.1) is 0 Å². The van der Waals surface area contributed by atoms with Crippen LogP contribution in [0.1, 0.15) is 31.1 Å². The SMILES string of the molecule is CC(N)C1CCCCN1CC(=O)NCCc1cccs1. The molecule has 1 fully saturated rings. The van der Waals surface area contributed by atoms with Gasteiger partial charge >= 0.3 is 0 Å². The lowest BCUT2D eigenvalue weighted by molar-refractivity contribution is -0.123. The Labute approximate surface area is 125 Å². The Morgan fingerprint density at radius 2 is 2.45 bits per heavy atom. The van der Waals surface area contributed by atoms with Gasteiger partial charge in [-0.3, -0.25) is 9.69 Å². The molecule has 0 aliphatic carbocycles. The van der Waals surface area contributed by atoms with E-state index in [0.29, 0.717) is 12.6 Å². The molecule has 1 saturated heterocycles. The maximum Gasteiger partial charge on any atom is 0.234 e. The van der Waals surface area contributed by atoms with Crippen molar-refractivity contribution in [2.45, 2.75) is 44.7 Å². The summed E-state index contributed by atoms with van der Waals surface area (Å²) in [6, 6.07) is 4.64. The summed E-state index contributed by atoms with van der Waals surface area (Å²) in [5.41, 5.74) is 6.03. The van der Waals surface area contributed by atoms with E-state index in [0.717, 1.165) is 25.9 Å². The molecule has 20 heavy (non-hydrogen) atoms. The Bertz CT molecular complexity index is 405. The van der Waals surface area contributed by atoms with Crippen molar-refractivity contribution in [2.24, 2.45) is 5.73 Å². The minimum absolute atomic E-state index is 0.120. The van der Waals surface area contributed by atoms with Gasteiger partial charge in [0, 0.05) is 23.5 Å². The topological polar surface area (TPSA) is 58.4 Å². The number of carbonyl (C=O) groups is 1. The standard InChI is InChI=1S/C15H25N3OS/c1-12(16)14-6-2-3-9-18(14)11-15(19)17-8-7-13-5-4-10-20-13/h4-5,10,12,14H,2-3,6-9,11,16H2,1H3,(H,17,19). The van der Waals surface area contributed by atoms with Gasteiger partial charge in [0.25, 0.3) is 0 Å². The van der Waals surface area contributed by atoms with Crippen molar-refractivity contribution in [3.8, 4) is 0 Å². The number of nitrogens with zero attached hydrogens (tertiary/aromatic N) is 1. The first-order valence-corrected chi connectivity index (χ1v) is 8.33. The Kier molecular flexibility index (Phi) is 6.01. The highest BCUT2D eigenvalue weighted by Crippen LogP contribution is 2.18. The molecule has 0 saturated carbocycles. The van der Waals surface area contributed by atoms with E-state index in [-0.39, 0.29) is 11.9 Å². The summed E-state index contributed by atoms with van der Waals surface area (Å²) in [6.45, 7) is 4.23. The Morgan fingerprint density at radius 1 is 1.60 bits per heavy atom. The van der Waals surface area contributed by atoms with Gasteiger partial charge in [0.2, 0.25) is 5.91 Å². The van der Waals surface area contributed by atoms with Crippen molar-refractivity contribution in [3.05, 3.63) is 22.4 Å². The quantitative estimate of drug-likeness (QED) is 0.838. The maximum absolute atomic E-state index is 12.0. The van der Waals surface area contributed by atoms with Crippen molar-refractivity contribution in [1.82, 2.24) is 10.2 Å². The van der Waals surface area contributed by atoms with Gasteiger partial charge in [-0.1, -0.05) is 12.5 Å². The van der Waals surface area contributed by atoms with Crippen molar-refractivity contribution in [2.75, 3.05) is 19.6 Å². The third-order valence-electron chi connectivity index (χ3n) is 3.89. The summed E-state index contributed by atoms with van der Waals surface area (Å²) >= 11 is 1.74. The van der Waals surface area contributed by atoms with Crippen LogP contribution in [0.2, 0.25) is 0 Å². The van der Waals surface area contributed by atoms with Crippen molar-refractivity contribution in [3.63, 3.8) is 0 Å². The van der Waals surface area contributed by atoms with E-state index < -0.39 is 0 Å². The van der Waals surface area contributed by atoms with Gasteiger partial charge in [-0.2, -0.15) is 0 Å². The average molecular weight is 295 g/mol. The number of piperidine rings is 1. The number of nitrogens with one attached hydrogen (secondary N) is 1. The minimum Gasteiger partial charge on any atom is -0.355 e. The van der Waals surface area contributed by atoms with Crippen LogP contribution in [-0.2, 0) is 11.2 Å². The molecule has 1 aliphatic rings. The second-order valence-electron chi connectivity index (χ2n) is 5.57. The van der Waals surface area contributed by atoms with Gasteiger partial charge in [0.15, 0.2) is 0 Å². The summed E-state index contributed by atoms with van der Waals surface area (Å²) in [4.78, 5) is 15.6. The number of hydrogen-bond donors (Lipinski definition) is 2. The number of thiophene rings is 1. The molecule has 1 aliphatic heterocycles. The van der Waals surface area contributed by atoms with Crippen molar-refractivity contribution < 1.29 is 4.79 Å². The lowest BCUT2D eigenvalue weighted by Crippen LogP contribution is -2.52. The first kappa shape index (κ1) is 15.5. The molecule has 2 atom stereocenters. The molecule has 1 amide bonds. The van der Waals surface area contributed by atoms with E-state index >= 15 is 0 Å². The van der Waals surface area contributed by atoms with E-state index in [4.69, 9.17) is 5.73 Å². The summed E-state index contributed by atoms with van der Waals surface area (Å²) in [6.07, 6.45) is 4.43. The first-order valence-electron chi connectivity index (χ1n) is 7.45. The molecule has 0 spiro atoms. The maximum atomic E-state index is 12.0. The van der Waals surface area contributed by atoms with Crippen molar-refractivity contribution >= 4 is 17.2 Å². The molecule has 3 N–H and O–H groups in total. The van der Waals surface area contributed by atoms with E-state index in [2.05, 4.69) is 21.7 Å². The van der Waals surface area contributed by atoms with Gasteiger partial charge in [0.1, 0.15) is 0 Å². The Hall–Kier alpha value is -0.910. The van der Waals surface area contributed by atoms with Gasteiger partial charge in [-0.25, -0.2) is 0 Å². The van der Waals surface area contributed by atoms with E-state index in [1.807, 2.05) is 13.0 Å². The monoisotopic (exact) mass is 295 g/mol. The van der Waals surface area contributed by atoms with Crippen LogP contribution in [0.5, 0.6) is 0 Å². The molecular formula is C15H25N3OS. The number of hydrogen-bond acceptors (Lipinski definition) is 4. The van der Waals surface area contributed by atoms with E-state index in [1.165, 1.54) is 17.7 Å². The number of carbonyl (C=O) groups excluding carboxylic acids is 1. The lowest BCUT2D eigenvalue weighted by Gasteiger charge is -2.37. The smallest absolute Gasteiger partial charge is 0.234 e. The summed E-state index contributed by atoms with van der Waals surface area (Å²) in [5, 5.41) is 5.08. The van der Waals surface area contributed by atoms with Crippen LogP contribution >= 0.6 is 11.3 Å². The van der Waals surface area contributed by atoms with E-state index in [9.17, 15) is 4.79 Å². The molecule has 1 aromatic heterocycles. The predicted octanol–water partition coefficient (Wildman–Crippen LogP) is 1.61. The van der Waals surface area contributed by atoms with Crippen LogP contribution < -0.4 is 11.1 Å². The van der Waals surface area contributed by atoms with Crippen LogP contribution in [0.15, 0.2) is 17.5 Å². The van der Waals surface area contributed by atoms with Gasteiger partial charge in [0.05, 0.1) is 6.54 Å². The molecule has 2 rings (SSSR count). The molecule has 112 valence electrons. The van der Waals surface area contributed by atoms with Crippen molar-refractivity contribution in [1.29, 1.82) is 0 Å². The number of rotatable bonds is 6. The third kappa shape index (κ3) is 4.58. The normalized spacial score (nSPS) is 21.6. The van der Waals surface area contributed by atoms with Crippen LogP contribution in [0.4, 0.5) is 0 Å². The summed E-state index contributed by atoms with van der Waals surface area (Å²) < 4.78 is 0. The zero-order valence-corrected chi connectivity index (χ0v) is 13.0. The number of nitrogens with two attached hydrogens (primary N) is 1. The van der Waals surface area contributed by atoms with E-state index in [1.54, 1.807) is 11.3 Å². The summed E-state index contributed by atoms with van der Waals surface area (Å²) in [7, 11) is 0. The fraction of sp³-hybridized carbons (Fsp3) is 0.667. The fourth-order valence-corrected chi connectivity index (χ4v) is 3.54. The second kappa shape index (κ2) is 7.76. The zero-order chi connectivity index (χ0) is 14.4. The van der Waals surface area contributed by atoms with Gasteiger partial charge < -0.3 is 11.1 Å². The fourth-order valence-electron chi connectivity index (χ4n) is 2.83. The summed E-state index contributed by atoms with van der Waals surface area (Å²) in [5.74, 6) is 0.120. The minimum atomic E-state index is 0.120.